The van der Waals surface area contributed by atoms with Crippen molar-refractivity contribution in [3.8, 4) is 0 Å². The van der Waals surface area contributed by atoms with E-state index in [2.05, 4.69) is 10.6 Å². The predicted octanol–water partition coefficient (Wildman–Crippen LogP) is 1.60. The number of ether oxygens (including phenoxy) is 1. The van der Waals surface area contributed by atoms with Crippen LogP contribution in [0.15, 0.2) is 47.4 Å². The van der Waals surface area contributed by atoms with Gasteiger partial charge in [-0.05, 0) is 67.1 Å². The molecule has 11 heteroatoms. The van der Waals surface area contributed by atoms with Crippen molar-refractivity contribution in [3.63, 3.8) is 0 Å². The summed E-state index contributed by atoms with van der Waals surface area (Å²) in [4.78, 5) is 39.5. The number of nitrogens with zero attached hydrogens (tertiary/aromatic N) is 2. The summed E-state index contributed by atoms with van der Waals surface area (Å²) in [6, 6.07) is 11.0. The van der Waals surface area contributed by atoms with Crippen LogP contribution in [0.3, 0.4) is 0 Å². The molecule has 0 unspecified atom stereocenters. The predicted molar refractivity (Wildman–Crippen MR) is 131 cm³/mol. The number of fused-ring (bicyclic) bond motifs is 1. The Kier molecular flexibility index (Phi) is 6.31. The molecule has 1 aliphatic carbocycles. The average Bonchev–Trinajstić information content (AvgIpc) is 3.43. The van der Waals surface area contributed by atoms with Gasteiger partial charge in [-0.15, -0.1) is 0 Å². The van der Waals surface area contributed by atoms with Gasteiger partial charge in [-0.1, -0.05) is 18.2 Å². The molecular formula is C25H28N4O6S. The van der Waals surface area contributed by atoms with E-state index < -0.39 is 40.0 Å². The van der Waals surface area contributed by atoms with Crippen LogP contribution in [0.2, 0.25) is 0 Å². The molecule has 10 nitrogen and oxygen atoms in total. The van der Waals surface area contributed by atoms with Gasteiger partial charge in [0.1, 0.15) is 12.1 Å². The first-order chi connectivity index (χ1) is 17.2. The fourth-order valence-electron chi connectivity index (χ4n) is 4.91. The lowest BCUT2D eigenvalue weighted by molar-refractivity contribution is -0.133. The monoisotopic (exact) mass is 512 g/mol. The maximum atomic E-state index is 13.2. The van der Waals surface area contributed by atoms with Crippen LogP contribution in [0.1, 0.15) is 30.0 Å². The van der Waals surface area contributed by atoms with Gasteiger partial charge in [-0.25, -0.2) is 13.2 Å². The number of rotatable bonds is 6. The molecule has 5 rings (SSSR count). The van der Waals surface area contributed by atoms with Crippen molar-refractivity contribution in [1.29, 1.82) is 0 Å². The third-order valence-corrected chi connectivity index (χ3v) is 8.91. The van der Waals surface area contributed by atoms with E-state index in [9.17, 15) is 22.8 Å². The zero-order valence-corrected chi connectivity index (χ0v) is 20.8. The number of benzene rings is 2. The van der Waals surface area contributed by atoms with Gasteiger partial charge in [-0.3, -0.25) is 14.5 Å². The molecule has 0 aromatic heterocycles. The summed E-state index contributed by atoms with van der Waals surface area (Å²) in [6.07, 6.45) is 3.03. The first-order valence-corrected chi connectivity index (χ1v) is 13.4. The number of sulfonamides is 1. The third-order valence-electron chi connectivity index (χ3n) is 7.00. The second kappa shape index (κ2) is 9.30. The molecule has 36 heavy (non-hydrogen) atoms. The highest BCUT2D eigenvalue weighted by Crippen LogP contribution is 2.32. The average molecular weight is 513 g/mol. The van der Waals surface area contributed by atoms with Crippen LogP contribution < -0.4 is 10.6 Å². The van der Waals surface area contributed by atoms with Gasteiger partial charge < -0.3 is 15.4 Å². The van der Waals surface area contributed by atoms with E-state index in [1.54, 1.807) is 6.92 Å². The fraction of sp³-hybridized carbons (Fsp3) is 0.400. The van der Waals surface area contributed by atoms with Gasteiger partial charge in [0.15, 0.2) is 0 Å². The SMILES string of the molecule is C[C@]1(c2ccc3c(c2)CCC3)NC(=O)N(CC(=O)Nc2ccc(S(=O)(=O)N3CCOCC3)cc2)C1=O. The molecule has 2 N–H and O–H groups in total. The van der Waals surface area contributed by atoms with Crippen molar-refractivity contribution >= 4 is 33.6 Å². The fourth-order valence-corrected chi connectivity index (χ4v) is 6.32. The van der Waals surface area contributed by atoms with E-state index in [0.717, 1.165) is 24.2 Å². The van der Waals surface area contributed by atoms with Crippen LogP contribution in [0, 0.1) is 0 Å². The Morgan fingerprint density at radius 3 is 2.47 bits per heavy atom. The van der Waals surface area contributed by atoms with Gasteiger partial charge in [-0.2, -0.15) is 4.31 Å². The summed E-state index contributed by atoms with van der Waals surface area (Å²) >= 11 is 0. The molecule has 1 atom stereocenters. The van der Waals surface area contributed by atoms with Gasteiger partial charge >= 0.3 is 6.03 Å². The van der Waals surface area contributed by atoms with Gasteiger partial charge in [0, 0.05) is 18.8 Å². The molecule has 3 aliphatic rings. The molecular weight excluding hydrogens is 484 g/mol. The van der Waals surface area contributed by atoms with Crippen LogP contribution in [-0.2, 0) is 42.7 Å². The molecule has 190 valence electrons. The Balaban J connectivity index is 1.24. The minimum atomic E-state index is -3.65. The Morgan fingerprint density at radius 1 is 1.06 bits per heavy atom. The quantitative estimate of drug-likeness (QED) is 0.567. The van der Waals surface area contributed by atoms with E-state index in [4.69, 9.17) is 4.74 Å². The lowest BCUT2D eigenvalue weighted by atomic mass is 9.89. The molecule has 4 amide bonds. The van der Waals surface area contributed by atoms with Gasteiger partial charge in [0.05, 0.1) is 18.1 Å². The number of imide groups is 1. The first-order valence-electron chi connectivity index (χ1n) is 11.9. The van der Waals surface area contributed by atoms with Crippen LogP contribution in [0.5, 0.6) is 0 Å². The largest absolute Gasteiger partial charge is 0.379 e. The number of morpholine rings is 1. The van der Waals surface area contributed by atoms with Crippen LogP contribution in [0.4, 0.5) is 10.5 Å². The Morgan fingerprint density at radius 2 is 1.75 bits per heavy atom. The molecule has 0 radical (unpaired) electrons. The van der Waals surface area contributed by atoms with Crippen molar-refractivity contribution in [3.05, 3.63) is 59.2 Å². The number of aryl methyl sites for hydroxylation is 2. The maximum Gasteiger partial charge on any atom is 0.325 e. The minimum Gasteiger partial charge on any atom is -0.379 e. The molecule has 2 fully saturated rings. The number of hydrogen-bond acceptors (Lipinski definition) is 6. The second-order valence-electron chi connectivity index (χ2n) is 9.37. The summed E-state index contributed by atoms with van der Waals surface area (Å²) in [5.41, 5.74) is 2.26. The maximum absolute atomic E-state index is 13.2. The van der Waals surface area contributed by atoms with E-state index in [1.807, 2.05) is 18.2 Å². The molecule has 0 saturated carbocycles. The Bertz CT molecular complexity index is 1320. The number of carbonyl (C=O) groups excluding carboxylic acids is 3. The summed E-state index contributed by atoms with van der Waals surface area (Å²) in [7, 11) is -3.65. The second-order valence-corrected chi connectivity index (χ2v) is 11.3. The lowest BCUT2D eigenvalue weighted by Gasteiger charge is -2.26. The van der Waals surface area contributed by atoms with Crippen LogP contribution in [-0.4, -0.2) is 68.3 Å². The number of hydrogen-bond donors (Lipinski definition) is 2. The van der Waals surface area contributed by atoms with Crippen molar-refractivity contribution in [2.24, 2.45) is 0 Å². The molecule has 2 saturated heterocycles. The van der Waals surface area contributed by atoms with Gasteiger partial charge in [0.25, 0.3) is 5.91 Å². The smallest absolute Gasteiger partial charge is 0.325 e. The Hall–Kier alpha value is -3.28. The lowest BCUT2D eigenvalue weighted by Crippen LogP contribution is -2.42. The summed E-state index contributed by atoms with van der Waals surface area (Å²) < 4.78 is 32.1. The molecule has 0 bridgehead atoms. The molecule has 0 spiro atoms. The summed E-state index contributed by atoms with van der Waals surface area (Å²) in [5, 5.41) is 5.37. The van der Waals surface area contributed by atoms with Crippen molar-refractivity contribution < 1.29 is 27.5 Å². The third kappa shape index (κ3) is 4.38. The standard InChI is InChI=1S/C25H28N4O6S/c1-25(19-6-5-17-3-2-4-18(17)15-19)23(31)29(24(32)27-25)16-22(30)26-20-7-9-21(10-8-20)36(33,34)28-11-13-35-14-12-28/h5-10,15H,2-4,11-14,16H2,1H3,(H,26,30)(H,27,32)/t25-/m1/s1. The van der Waals surface area contributed by atoms with Crippen molar-refractivity contribution in [2.45, 2.75) is 36.6 Å². The Labute approximate surface area is 209 Å². The van der Waals surface area contributed by atoms with E-state index in [-0.39, 0.29) is 18.0 Å². The number of amides is 4. The van der Waals surface area contributed by atoms with E-state index in [0.29, 0.717) is 24.5 Å². The highest BCUT2D eigenvalue weighted by molar-refractivity contribution is 7.89. The summed E-state index contributed by atoms with van der Waals surface area (Å²) in [5.74, 6) is -1.06. The van der Waals surface area contributed by atoms with Crippen molar-refractivity contribution in [2.75, 3.05) is 38.2 Å². The number of nitrogens with one attached hydrogen (secondary N) is 2. The number of urea groups is 1. The van der Waals surface area contributed by atoms with Gasteiger partial charge in [0.2, 0.25) is 15.9 Å². The zero-order valence-electron chi connectivity index (χ0n) is 20.0. The minimum absolute atomic E-state index is 0.113. The van der Waals surface area contributed by atoms with Crippen LogP contribution in [0.25, 0.3) is 0 Å². The molecule has 2 aromatic carbocycles. The van der Waals surface area contributed by atoms with E-state index >= 15 is 0 Å². The van der Waals surface area contributed by atoms with Crippen LogP contribution >= 0.6 is 0 Å². The molecule has 2 heterocycles. The number of anilines is 1. The first kappa shape index (κ1) is 24.4. The molecule has 2 aromatic rings. The van der Waals surface area contributed by atoms with E-state index in [1.165, 1.54) is 39.7 Å². The molecule has 2 aliphatic heterocycles. The normalized spacial score (nSPS) is 22.4. The zero-order chi connectivity index (χ0) is 25.5. The van der Waals surface area contributed by atoms with Crippen molar-refractivity contribution in [1.82, 2.24) is 14.5 Å². The highest BCUT2D eigenvalue weighted by atomic mass is 32.2. The topological polar surface area (TPSA) is 125 Å². The highest BCUT2D eigenvalue weighted by Gasteiger charge is 2.49. The number of carbonyl (C=O) groups is 3. The summed E-state index contributed by atoms with van der Waals surface area (Å²) in [6.45, 7) is 2.46.